The summed E-state index contributed by atoms with van der Waals surface area (Å²) < 4.78 is 4.77. The van der Waals surface area contributed by atoms with E-state index in [0.717, 1.165) is 23.5 Å². The Kier molecular flexibility index (Phi) is 7.64. The zero-order chi connectivity index (χ0) is 18.2. The number of esters is 1. The van der Waals surface area contributed by atoms with Crippen molar-refractivity contribution in [1.29, 1.82) is 0 Å². The van der Waals surface area contributed by atoms with Crippen molar-refractivity contribution >= 4 is 40.7 Å². The molecule has 0 radical (unpaired) electrons. The molecule has 0 spiro atoms. The van der Waals surface area contributed by atoms with Crippen LogP contribution in [0.15, 0.2) is 5.38 Å². The minimum absolute atomic E-state index is 0.140. The number of nitrogens with zero attached hydrogens (tertiary/aromatic N) is 2. The van der Waals surface area contributed by atoms with Crippen LogP contribution in [-0.4, -0.2) is 47.4 Å². The van der Waals surface area contributed by atoms with Crippen molar-refractivity contribution in [3.8, 4) is 0 Å². The van der Waals surface area contributed by atoms with Crippen LogP contribution in [0.5, 0.6) is 0 Å². The summed E-state index contributed by atoms with van der Waals surface area (Å²) >= 11 is 7.26. The van der Waals surface area contributed by atoms with Gasteiger partial charge in [-0.3, -0.25) is 9.59 Å². The second kappa shape index (κ2) is 9.72. The Morgan fingerprint density at radius 2 is 2.08 bits per heavy atom. The van der Waals surface area contributed by atoms with Crippen molar-refractivity contribution in [1.82, 2.24) is 9.88 Å². The SMILES string of the molecule is NC(=O)C(=O)OCCC1CCN(C(=O)CCc2nc(CCl)cs2)CC1. The molecule has 1 saturated heterocycles. The number of hydrogen-bond donors (Lipinski definition) is 1. The molecule has 1 aliphatic heterocycles. The largest absolute Gasteiger partial charge is 0.459 e. The van der Waals surface area contributed by atoms with Crippen LogP contribution in [0.2, 0.25) is 0 Å². The highest BCUT2D eigenvalue weighted by Gasteiger charge is 2.23. The van der Waals surface area contributed by atoms with Crippen molar-refractivity contribution in [2.24, 2.45) is 11.7 Å². The summed E-state index contributed by atoms with van der Waals surface area (Å²) in [4.78, 5) is 40.1. The molecule has 1 aromatic heterocycles. The van der Waals surface area contributed by atoms with E-state index in [1.165, 1.54) is 11.3 Å². The molecule has 0 unspecified atom stereocenters. The average Bonchev–Trinajstić information content (AvgIpc) is 3.08. The van der Waals surface area contributed by atoms with Crippen LogP contribution >= 0.6 is 22.9 Å². The van der Waals surface area contributed by atoms with Crippen molar-refractivity contribution in [3.63, 3.8) is 0 Å². The van der Waals surface area contributed by atoms with E-state index in [1.807, 2.05) is 10.3 Å². The van der Waals surface area contributed by atoms with Crippen LogP contribution in [-0.2, 0) is 31.4 Å². The summed E-state index contributed by atoms with van der Waals surface area (Å²) in [6.45, 7) is 1.60. The topological polar surface area (TPSA) is 103 Å². The van der Waals surface area contributed by atoms with Gasteiger partial charge in [0.05, 0.1) is 23.2 Å². The number of ether oxygens (including phenoxy) is 1. The first-order valence-electron chi connectivity index (χ1n) is 8.23. The molecule has 25 heavy (non-hydrogen) atoms. The monoisotopic (exact) mass is 387 g/mol. The molecule has 0 aliphatic carbocycles. The lowest BCUT2D eigenvalue weighted by atomic mass is 9.94. The maximum atomic E-state index is 12.3. The zero-order valence-electron chi connectivity index (χ0n) is 13.9. The number of nitrogens with two attached hydrogens (primary N) is 1. The third-order valence-electron chi connectivity index (χ3n) is 4.22. The lowest BCUT2D eigenvalue weighted by molar-refractivity contribution is -0.153. The van der Waals surface area contributed by atoms with Crippen molar-refractivity contribution in [2.45, 2.75) is 38.0 Å². The van der Waals surface area contributed by atoms with E-state index >= 15 is 0 Å². The van der Waals surface area contributed by atoms with E-state index in [1.54, 1.807) is 0 Å². The molecule has 2 rings (SSSR count). The molecule has 138 valence electrons. The Morgan fingerprint density at radius 3 is 2.68 bits per heavy atom. The highest BCUT2D eigenvalue weighted by atomic mass is 35.5. The zero-order valence-corrected chi connectivity index (χ0v) is 15.5. The van der Waals surface area contributed by atoms with Gasteiger partial charge in [0.25, 0.3) is 0 Å². The van der Waals surface area contributed by atoms with Gasteiger partial charge in [-0.15, -0.1) is 22.9 Å². The second-order valence-corrected chi connectivity index (χ2v) is 7.19. The molecule has 0 atom stereocenters. The number of halogens is 1. The van der Waals surface area contributed by atoms with Gasteiger partial charge >= 0.3 is 11.9 Å². The Balaban J connectivity index is 1.64. The van der Waals surface area contributed by atoms with Crippen LogP contribution in [0.1, 0.15) is 36.4 Å². The second-order valence-electron chi connectivity index (χ2n) is 5.98. The number of alkyl halides is 1. The van der Waals surface area contributed by atoms with Crippen LogP contribution in [0.4, 0.5) is 0 Å². The normalized spacial score (nSPS) is 15.2. The highest BCUT2D eigenvalue weighted by molar-refractivity contribution is 7.09. The van der Waals surface area contributed by atoms with E-state index in [4.69, 9.17) is 22.1 Å². The molecule has 0 bridgehead atoms. The fourth-order valence-corrected chi connectivity index (χ4v) is 3.78. The van der Waals surface area contributed by atoms with Crippen LogP contribution in [0.25, 0.3) is 0 Å². The number of carbonyl (C=O) groups is 3. The Labute approximate surface area is 155 Å². The van der Waals surface area contributed by atoms with Gasteiger partial charge in [-0.05, 0) is 25.2 Å². The summed E-state index contributed by atoms with van der Waals surface area (Å²) in [5, 5.41) is 2.86. The summed E-state index contributed by atoms with van der Waals surface area (Å²) in [6, 6.07) is 0. The number of piperidine rings is 1. The molecule has 0 saturated carbocycles. The molecular formula is C16H22ClN3O4S. The maximum absolute atomic E-state index is 12.3. The van der Waals surface area contributed by atoms with Crippen LogP contribution in [0.3, 0.4) is 0 Å². The van der Waals surface area contributed by atoms with Gasteiger partial charge < -0.3 is 15.4 Å². The van der Waals surface area contributed by atoms with Crippen molar-refractivity contribution < 1.29 is 19.1 Å². The van der Waals surface area contributed by atoms with E-state index in [0.29, 0.717) is 44.1 Å². The first-order chi connectivity index (χ1) is 12.0. The number of hydrogen-bond acceptors (Lipinski definition) is 6. The summed E-state index contributed by atoms with van der Waals surface area (Å²) in [7, 11) is 0. The van der Waals surface area contributed by atoms with E-state index < -0.39 is 11.9 Å². The van der Waals surface area contributed by atoms with E-state index in [-0.39, 0.29) is 12.5 Å². The van der Waals surface area contributed by atoms with E-state index in [2.05, 4.69) is 4.98 Å². The predicted octanol–water partition coefficient (Wildman–Crippen LogP) is 1.47. The summed E-state index contributed by atoms with van der Waals surface area (Å²) in [5.41, 5.74) is 5.67. The van der Waals surface area contributed by atoms with Gasteiger partial charge in [0, 0.05) is 31.3 Å². The molecular weight excluding hydrogens is 366 g/mol. The summed E-state index contributed by atoms with van der Waals surface area (Å²) in [6.07, 6.45) is 3.52. The number of carbonyl (C=O) groups excluding carboxylic acids is 3. The Morgan fingerprint density at radius 1 is 1.36 bits per heavy atom. The molecule has 1 aromatic rings. The maximum Gasteiger partial charge on any atom is 0.396 e. The standard InChI is InChI=1S/C16H22ClN3O4S/c17-9-12-10-25-13(19-12)1-2-14(21)20-6-3-11(4-7-20)5-8-24-16(23)15(18)22/h10-11H,1-9H2,(H2,18,22). The Bertz CT molecular complexity index is 614. The number of aromatic nitrogens is 1. The van der Waals surface area contributed by atoms with Crippen LogP contribution in [0, 0.1) is 5.92 Å². The van der Waals surface area contributed by atoms with Crippen LogP contribution < -0.4 is 5.73 Å². The minimum atomic E-state index is -1.07. The quantitative estimate of drug-likeness (QED) is 0.433. The summed E-state index contributed by atoms with van der Waals surface area (Å²) in [5.74, 6) is -1.14. The van der Waals surface area contributed by atoms with Gasteiger partial charge in [-0.25, -0.2) is 9.78 Å². The molecule has 7 nitrogen and oxygen atoms in total. The van der Waals surface area contributed by atoms with E-state index in [9.17, 15) is 14.4 Å². The van der Waals surface area contributed by atoms with Gasteiger partial charge in [-0.2, -0.15) is 0 Å². The number of likely N-dealkylation sites (tertiary alicyclic amines) is 1. The molecule has 2 heterocycles. The Hall–Kier alpha value is -1.67. The highest BCUT2D eigenvalue weighted by Crippen LogP contribution is 2.21. The molecule has 1 fully saturated rings. The number of rotatable bonds is 7. The van der Waals surface area contributed by atoms with Gasteiger partial charge in [0.15, 0.2) is 0 Å². The van der Waals surface area contributed by atoms with Crippen molar-refractivity contribution in [2.75, 3.05) is 19.7 Å². The number of thiazole rings is 1. The van der Waals surface area contributed by atoms with Gasteiger partial charge in [0.2, 0.25) is 5.91 Å². The lowest BCUT2D eigenvalue weighted by Gasteiger charge is -2.32. The first-order valence-corrected chi connectivity index (χ1v) is 9.64. The molecule has 1 aliphatic rings. The lowest BCUT2D eigenvalue weighted by Crippen LogP contribution is -2.38. The van der Waals surface area contributed by atoms with Gasteiger partial charge in [0.1, 0.15) is 0 Å². The smallest absolute Gasteiger partial charge is 0.396 e. The fourth-order valence-electron chi connectivity index (χ4n) is 2.76. The number of aryl methyl sites for hydroxylation is 1. The van der Waals surface area contributed by atoms with Gasteiger partial charge in [-0.1, -0.05) is 0 Å². The third-order valence-corrected chi connectivity index (χ3v) is 5.45. The third kappa shape index (κ3) is 6.28. The fraction of sp³-hybridized carbons (Fsp3) is 0.625. The number of primary amides is 1. The predicted molar refractivity (Wildman–Crippen MR) is 94.1 cm³/mol. The number of amides is 2. The molecule has 0 aromatic carbocycles. The average molecular weight is 388 g/mol. The minimum Gasteiger partial charge on any atom is -0.459 e. The van der Waals surface area contributed by atoms with Crippen molar-refractivity contribution in [3.05, 3.63) is 16.1 Å². The molecule has 2 amide bonds. The molecule has 9 heteroatoms. The first kappa shape index (κ1) is 19.7. The molecule has 2 N–H and O–H groups in total.